The van der Waals surface area contributed by atoms with E-state index >= 15 is 0 Å². The second-order valence-electron chi connectivity index (χ2n) is 9.35. The second-order valence-corrected chi connectivity index (χ2v) is 9.35. The van der Waals surface area contributed by atoms with Crippen molar-refractivity contribution in [3.63, 3.8) is 0 Å². The number of hydrogen-bond donors (Lipinski definition) is 1. The molecule has 1 saturated carbocycles. The molecule has 1 aromatic heterocycles. The smallest absolute Gasteiger partial charge is 0.256 e. The average molecular weight is 484 g/mol. The summed E-state index contributed by atoms with van der Waals surface area (Å²) in [6.45, 7) is 2.52. The molecule has 3 aliphatic rings. The van der Waals surface area contributed by atoms with Crippen molar-refractivity contribution in [3.8, 4) is 23.1 Å². The van der Waals surface area contributed by atoms with E-state index in [-0.39, 0.29) is 24.0 Å². The third kappa shape index (κ3) is 4.96. The monoisotopic (exact) mass is 483 g/mol. The van der Waals surface area contributed by atoms with E-state index in [1.165, 1.54) is 0 Å². The van der Waals surface area contributed by atoms with Crippen molar-refractivity contribution in [1.82, 2.24) is 9.88 Å². The van der Waals surface area contributed by atoms with Crippen molar-refractivity contribution in [3.05, 3.63) is 30.5 Å². The Hall–Kier alpha value is -3.20. The molecule has 2 aromatic rings. The van der Waals surface area contributed by atoms with Crippen molar-refractivity contribution < 1.29 is 28.8 Å². The highest BCUT2D eigenvalue weighted by Crippen LogP contribution is 2.41. The molecule has 35 heavy (non-hydrogen) atoms. The molecule has 9 nitrogen and oxygen atoms in total. The Morgan fingerprint density at radius 2 is 1.91 bits per heavy atom. The lowest BCUT2D eigenvalue weighted by Gasteiger charge is -2.32. The average Bonchev–Trinajstić information content (AvgIpc) is 3.36. The summed E-state index contributed by atoms with van der Waals surface area (Å²) in [5.41, 5.74) is 1.77. The van der Waals surface area contributed by atoms with Gasteiger partial charge in [-0.3, -0.25) is 4.79 Å². The van der Waals surface area contributed by atoms with Crippen LogP contribution in [0.3, 0.4) is 0 Å². The molecule has 9 heteroatoms. The first-order chi connectivity index (χ1) is 17.1. The van der Waals surface area contributed by atoms with Crippen molar-refractivity contribution in [2.45, 2.75) is 44.3 Å². The molecule has 1 aliphatic carbocycles. The zero-order valence-corrected chi connectivity index (χ0v) is 20.3. The number of fused-ring (bicyclic) bond motifs is 1. The maximum absolute atomic E-state index is 12.9. The van der Waals surface area contributed by atoms with Crippen LogP contribution in [0.5, 0.6) is 23.1 Å². The molecule has 0 bridgehead atoms. The molecule has 2 aliphatic heterocycles. The predicted molar refractivity (Wildman–Crippen MR) is 130 cm³/mol. The van der Waals surface area contributed by atoms with Crippen molar-refractivity contribution in [1.29, 1.82) is 0 Å². The van der Waals surface area contributed by atoms with Crippen LogP contribution >= 0.6 is 0 Å². The predicted octanol–water partition coefficient (Wildman–Crippen LogP) is 3.16. The second kappa shape index (κ2) is 10.2. The van der Waals surface area contributed by atoms with Crippen LogP contribution < -0.4 is 23.8 Å². The molecule has 5 rings (SSSR count). The highest BCUT2D eigenvalue weighted by molar-refractivity contribution is 5.79. The largest absolute Gasteiger partial charge is 0.491 e. The van der Waals surface area contributed by atoms with E-state index in [0.29, 0.717) is 50.7 Å². The first-order valence-electron chi connectivity index (χ1n) is 12.3. The Bertz CT molecular complexity index is 1060. The summed E-state index contributed by atoms with van der Waals surface area (Å²) in [5, 5.41) is 9.73. The highest BCUT2D eigenvalue weighted by Gasteiger charge is 2.34. The van der Waals surface area contributed by atoms with E-state index in [1.807, 2.05) is 29.2 Å². The van der Waals surface area contributed by atoms with E-state index in [4.69, 9.17) is 18.9 Å². The van der Waals surface area contributed by atoms with Gasteiger partial charge in [-0.05, 0) is 37.8 Å². The van der Waals surface area contributed by atoms with Crippen LogP contribution in [0.4, 0.5) is 11.4 Å². The Morgan fingerprint density at radius 3 is 2.69 bits per heavy atom. The van der Waals surface area contributed by atoms with Gasteiger partial charge >= 0.3 is 0 Å². The van der Waals surface area contributed by atoms with Gasteiger partial charge in [-0.15, -0.1) is 0 Å². The zero-order chi connectivity index (χ0) is 24.4. The number of benzene rings is 1. The number of aliphatic hydroxyl groups excluding tert-OH is 1. The number of ether oxygens (including phenoxy) is 4. The van der Waals surface area contributed by atoms with Gasteiger partial charge in [-0.25, -0.2) is 4.98 Å². The van der Waals surface area contributed by atoms with Gasteiger partial charge in [-0.2, -0.15) is 0 Å². The van der Waals surface area contributed by atoms with Crippen LogP contribution in [0, 0.1) is 5.92 Å². The van der Waals surface area contributed by atoms with Crippen LogP contribution in [0.1, 0.15) is 32.1 Å². The van der Waals surface area contributed by atoms with E-state index < -0.39 is 0 Å². The molecule has 1 amide bonds. The topological polar surface area (TPSA) is 93.6 Å². The minimum absolute atomic E-state index is 0.0294. The van der Waals surface area contributed by atoms with E-state index in [2.05, 4.69) is 9.88 Å². The Balaban J connectivity index is 1.28. The Labute approximate surface area is 205 Å². The van der Waals surface area contributed by atoms with Crippen molar-refractivity contribution in [2.75, 3.05) is 45.4 Å². The first kappa shape index (κ1) is 23.5. The fraction of sp³-hybridized carbons (Fsp3) is 0.538. The number of methoxy groups -OCH3 is 2. The number of nitrogens with zero attached hydrogens (tertiary/aromatic N) is 3. The van der Waals surface area contributed by atoms with Crippen LogP contribution in [0.25, 0.3) is 0 Å². The number of carbonyl (C=O) groups is 1. The van der Waals surface area contributed by atoms with Crippen LogP contribution in [-0.4, -0.2) is 73.6 Å². The third-order valence-electron chi connectivity index (χ3n) is 7.13. The van der Waals surface area contributed by atoms with Gasteiger partial charge in [0.15, 0.2) is 5.75 Å². The van der Waals surface area contributed by atoms with E-state index in [0.717, 1.165) is 42.1 Å². The lowest BCUT2D eigenvalue weighted by molar-refractivity contribution is -0.136. The standard InChI is InChI=1S/C26H33N3O6/c1-32-24-13-18(15-27-25(24)33-2)29-11-12-34-23-8-7-20(14-22(23)29)35-21-9-10-28(16-21)26(31)17-3-5-19(30)6-4-17/h7-8,13-15,17,19,21,30H,3-6,9-12,16H2,1-2H3/t17?,19?,21-/m0/s1. The molecule has 1 saturated heterocycles. The summed E-state index contributed by atoms with van der Waals surface area (Å²) in [6, 6.07) is 7.73. The Morgan fingerprint density at radius 1 is 1.09 bits per heavy atom. The molecular formula is C26H33N3O6. The van der Waals surface area contributed by atoms with E-state index in [1.54, 1.807) is 20.4 Å². The molecule has 1 aromatic carbocycles. The summed E-state index contributed by atoms with van der Waals surface area (Å²) in [7, 11) is 3.16. The fourth-order valence-corrected chi connectivity index (χ4v) is 5.21. The molecule has 1 N–H and O–H groups in total. The van der Waals surface area contributed by atoms with E-state index in [9.17, 15) is 9.90 Å². The van der Waals surface area contributed by atoms with Gasteiger partial charge in [0.25, 0.3) is 5.88 Å². The lowest BCUT2D eigenvalue weighted by Crippen LogP contribution is -2.37. The number of anilines is 2. The number of aromatic nitrogens is 1. The summed E-state index contributed by atoms with van der Waals surface area (Å²) >= 11 is 0. The normalized spacial score (nSPS) is 23.9. The molecular weight excluding hydrogens is 450 g/mol. The maximum atomic E-state index is 12.9. The molecule has 3 heterocycles. The number of aliphatic hydroxyl groups is 1. The van der Waals surface area contributed by atoms with Crippen LogP contribution in [0.2, 0.25) is 0 Å². The number of amides is 1. The Kier molecular flexibility index (Phi) is 6.86. The molecule has 0 spiro atoms. The molecule has 2 fully saturated rings. The van der Waals surface area contributed by atoms with Crippen LogP contribution in [-0.2, 0) is 4.79 Å². The minimum Gasteiger partial charge on any atom is -0.491 e. The third-order valence-corrected chi connectivity index (χ3v) is 7.13. The van der Waals surface area contributed by atoms with Crippen LogP contribution in [0.15, 0.2) is 30.5 Å². The number of hydrogen-bond acceptors (Lipinski definition) is 8. The first-order valence-corrected chi connectivity index (χ1v) is 12.3. The van der Waals surface area contributed by atoms with Gasteiger partial charge in [-0.1, -0.05) is 0 Å². The summed E-state index contributed by atoms with van der Waals surface area (Å²) in [4.78, 5) is 21.4. The highest BCUT2D eigenvalue weighted by atomic mass is 16.5. The summed E-state index contributed by atoms with van der Waals surface area (Å²) in [6.07, 6.45) is 5.23. The molecule has 1 atom stereocenters. The van der Waals surface area contributed by atoms with Gasteiger partial charge < -0.3 is 33.9 Å². The molecule has 188 valence electrons. The quantitative estimate of drug-likeness (QED) is 0.670. The molecule has 0 unspecified atom stereocenters. The zero-order valence-electron chi connectivity index (χ0n) is 20.3. The van der Waals surface area contributed by atoms with Gasteiger partial charge in [0, 0.05) is 31.0 Å². The molecule has 0 radical (unpaired) electrons. The van der Waals surface area contributed by atoms with Gasteiger partial charge in [0.2, 0.25) is 5.91 Å². The summed E-state index contributed by atoms with van der Waals surface area (Å²) < 4.78 is 22.9. The minimum atomic E-state index is -0.254. The number of likely N-dealkylation sites (tertiary alicyclic amines) is 1. The number of pyridine rings is 1. The SMILES string of the molecule is COc1cc(N2CCOc3ccc(O[C@H]4CCN(C(=O)C5CCC(O)CC5)C4)cc32)cnc1OC. The fourth-order valence-electron chi connectivity index (χ4n) is 5.21. The lowest BCUT2D eigenvalue weighted by atomic mass is 9.86. The van der Waals surface area contributed by atoms with Gasteiger partial charge in [0.05, 0.1) is 51.0 Å². The van der Waals surface area contributed by atoms with Crippen molar-refractivity contribution >= 4 is 17.3 Å². The number of rotatable bonds is 6. The maximum Gasteiger partial charge on any atom is 0.256 e. The summed E-state index contributed by atoms with van der Waals surface area (Å²) in [5.74, 6) is 2.75. The van der Waals surface area contributed by atoms with Crippen molar-refractivity contribution in [2.24, 2.45) is 5.92 Å². The number of carbonyl (C=O) groups excluding carboxylic acids is 1. The van der Waals surface area contributed by atoms with Gasteiger partial charge in [0.1, 0.15) is 24.2 Å².